The zero-order chi connectivity index (χ0) is 7.68. The van der Waals surface area contributed by atoms with Gasteiger partial charge in [0.15, 0.2) is 0 Å². The highest BCUT2D eigenvalue weighted by Gasteiger charge is 2.26. The normalized spacial score (nSPS) is 16.8. The average Bonchev–Trinajstić information content (AvgIpc) is 2.87. The van der Waals surface area contributed by atoms with Crippen LogP contribution in [0.2, 0.25) is 0 Å². The van der Waals surface area contributed by atoms with Gasteiger partial charge in [0.25, 0.3) is 0 Å². The van der Waals surface area contributed by atoms with Crippen molar-refractivity contribution in [1.29, 1.82) is 0 Å². The summed E-state index contributed by atoms with van der Waals surface area (Å²) in [6.45, 7) is 0.0161. The molecule has 11 heavy (non-hydrogen) atoms. The molecule has 1 aromatic heterocycles. The molecule has 0 spiro atoms. The molecular formula is C8H10N2O. The Balaban J connectivity index is 2.26. The summed E-state index contributed by atoms with van der Waals surface area (Å²) in [5.74, 6) is 1.47. The molecule has 0 unspecified atom stereocenters. The summed E-state index contributed by atoms with van der Waals surface area (Å²) in [7, 11) is 0. The van der Waals surface area contributed by atoms with E-state index in [-0.39, 0.29) is 6.61 Å². The number of rotatable bonds is 2. The number of hydrogen-bond acceptors (Lipinski definition) is 3. The van der Waals surface area contributed by atoms with Crippen LogP contribution in [0.15, 0.2) is 12.3 Å². The second kappa shape index (κ2) is 2.58. The van der Waals surface area contributed by atoms with Crippen LogP contribution >= 0.6 is 0 Å². The zero-order valence-corrected chi connectivity index (χ0v) is 6.20. The van der Waals surface area contributed by atoms with Crippen molar-refractivity contribution in [2.24, 2.45) is 0 Å². The van der Waals surface area contributed by atoms with Crippen molar-refractivity contribution in [1.82, 2.24) is 9.97 Å². The average molecular weight is 150 g/mol. The molecule has 58 valence electrons. The standard InChI is InChI=1S/C8H10N2O/c11-5-7-3-4-9-8(10-7)6-1-2-6/h3-4,6,11H,1-2,5H2. The van der Waals surface area contributed by atoms with Crippen molar-refractivity contribution in [3.63, 3.8) is 0 Å². The SMILES string of the molecule is OCc1ccnc(C2CC2)n1. The molecule has 0 aromatic carbocycles. The lowest BCUT2D eigenvalue weighted by Gasteiger charge is -1.97. The molecule has 1 aromatic rings. The largest absolute Gasteiger partial charge is 0.390 e. The number of aromatic nitrogens is 2. The summed E-state index contributed by atoms with van der Waals surface area (Å²) >= 11 is 0. The summed E-state index contributed by atoms with van der Waals surface area (Å²) < 4.78 is 0. The van der Waals surface area contributed by atoms with Gasteiger partial charge in [0.1, 0.15) is 5.82 Å². The molecule has 1 N–H and O–H groups in total. The number of aliphatic hydroxyl groups excluding tert-OH is 1. The Morgan fingerprint density at radius 2 is 2.36 bits per heavy atom. The summed E-state index contributed by atoms with van der Waals surface area (Å²) in [4.78, 5) is 8.32. The fraction of sp³-hybridized carbons (Fsp3) is 0.500. The van der Waals surface area contributed by atoms with Crippen molar-refractivity contribution in [3.8, 4) is 0 Å². The molecule has 3 heteroatoms. The second-order valence-electron chi connectivity index (χ2n) is 2.84. The third kappa shape index (κ3) is 1.38. The minimum absolute atomic E-state index is 0.0161. The van der Waals surface area contributed by atoms with Crippen LogP contribution in [0.5, 0.6) is 0 Å². The molecule has 0 radical (unpaired) electrons. The molecule has 1 aliphatic rings. The Kier molecular flexibility index (Phi) is 1.58. The van der Waals surface area contributed by atoms with Gasteiger partial charge in [0.05, 0.1) is 12.3 Å². The van der Waals surface area contributed by atoms with E-state index in [4.69, 9.17) is 5.11 Å². The molecule has 0 amide bonds. The lowest BCUT2D eigenvalue weighted by molar-refractivity contribution is 0.276. The fourth-order valence-electron chi connectivity index (χ4n) is 1.04. The maximum Gasteiger partial charge on any atom is 0.131 e. The second-order valence-corrected chi connectivity index (χ2v) is 2.84. The molecule has 1 saturated carbocycles. The Morgan fingerprint density at radius 3 is 3.00 bits per heavy atom. The smallest absolute Gasteiger partial charge is 0.131 e. The van der Waals surface area contributed by atoms with Gasteiger partial charge < -0.3 is 5.11 Å². The van der Waals surface area contributed by atoms with Gasteiger partial charge in [-0.15, -0.1) is 0 Å². The minimum atomic E-state index is 0.0161. The van der Waals surface area contributed by atoms with Crippen molar-refractivity contribution < 1.29 is 5.11 Å². The van der Waals surface area contributed by atoms with Gasteiger partial charge in [-0.3, -0.25) is 0 Å². The van der Waals surface area contributed by atoms with E-state index >= 15 is 0 Å². The van der Waals surface area contributed by atoms with Crippen molar-refractivity contribution in [3.05, 3.63) is 23.8 Å². The third-order valence-corrected chi connectivity index (χ3v) is 1.84. The Hall–Kier alpha value is -0.960. The van der Waals surface area contributed by atoms with Crippen LogP contribution in [0, 0.1) is 0 Å². The maximum absolute atomic E-state index is 8.77. The highest BCUT2D eigenvalue weighted by molar-refractivity contribution is 5.09. The molecule has 0 bridgehead atoms. The number of hydrogen-bond donors (Lipinski definition) is 1. The van der Waals surface area contributed by atoms with Crippen LogP contribution < -0.4 is 0 Å². The fourth-order valence-corrected chi connectivity index (χ4v) is 1.04. The molecule has 0 atom stereocenters. The lowest BCUT2D eigenvalue weighted by atomic mass is 10.3. The van der Waals surface area contributed by atoms with Crippen molar-refractivity contribution in [2.45, 2.75) is 25.4 Å². The van der Waals surface area contributed by atoms with E-state index in [2.05, 4.69) is 9.97 Å². The highest BCUT2D eigenvalue weighted by atomic mass is 16.3. The number of nitrogens with zero attached hydrogens (tertiary/aromatic N) is 2. The van der Waals surface area contributed by atoms with Crippen LogP contribution in [0.1, 0.15) is 30.3 Å². The van der Waals surface area contributed by atoms with E-state index in [1.807, 2.05) is 0 Å². The minimum Gasteiger partial charge on any atom is -0.390 e. The maximum atomic E-state index is 8.77. The predicted molar refractivity (Wildman–Crippen MR) is 39.9 cm³/mol. The quantitative estimate of drug-likeness (QED) is 0.679. The Bertz CT molecular complexity index is 258. The molecule has 3 nitrogen and oxygen atoms in total. The van der Waals surface area contributed by atoms with Gasteiger partial charge >= 0.3 is 0 Å². The first kappa shape index (κ1) is 6.73. The summed E-state index contributed by atoms with van der Waals surface area (Å²) in [6.07, 6.45) is 4.12. The first-order valence-electron chi connectivity index (χ1n) is 3.83. The first-order chi connectivity index (χ1) is 5.40. The first-order valence-corrected chi connectivity index (χ1v) is 3.83. The van der Waals surface area contributed by atoms with E-state index in [1.54, 1.807) is 12.3 Å². The highest BCUT2D eigenvalue weighted by Crippen LogP contribution is 2.37. The van der Waals surface area contributed by atoms with Gasteiger partial charge in [-0.2, -0.15) is 0 Å². The van der Waals surface area contributed by atoms with Crippen LogP contribution in [0.3, 0.4) is 0 Å². The monoisotopic (exact) mass is 150 g/mol. The third-order valence-electron chi connectivity index (χ3n) is 1.84. The summed E-state index contributed by atoms with van der Waals surface area (Å²) in [5.41, 5.74) is 0.724. The molecule has 0 saturated heterocycles. The zero-order valence-electron chi connectivity index (χ0n) is 6.20. The molecule has 0 aliphatic heterocycles. The molecule has 2 rings (SSSR count). The summed E-state index contributed by atoms with van der Waals surface area (Å²) in [5, 5.41) is 8.77. The van der Waals surface area contributed by atoms with E-state index < -0.39 is 0 Å². The van der Waals surface area contributed by atoms with Gasteiger partial charge in [-0.1, -0.05) is 0 Å². The van der Waals surface area contributed by atoms with Crippen LogP contribution in [0.4, 0.5) is 0 Å². The number of aliphatic hydroxyl groups is 1. The van der Waals surface area contributed by atoms with Gasteiger partial charge in [0, 0.05) is 12.1 Å². The molecule has 1 heterocycles. The van der Waals surface area contributed by atoms with Crippen molar-refractivity contribution >= 4 is 0 Å². The van der Waals surface area contributed by atoms with Gasteiger partial charge in [-0.05, 0) is 18.9 Å². The molecular weight excluding hydrogens is 140 g/mol. The summed E-state index contributed by atoms with van der Waals surface area (Å²) in [6, 6.07) is 1.74. The molecule has 1 aliphatic carbocycles. The van der Waals surface area contributed by atoms with E-state index in [0.717, 1.165) is 11.5 Å². The van der Waals surface area contributed by atoms with Crippen molar-refractivity contribution in [2.75, 3.05) is 0 Å². The van der Waals surface area contributed by atoms with Crippen LogP contribution in [0.25, 0.3) is 0 Å². The van der Waals surface area contributed by atoms with E-state index in [9.17, 15) is 0 Å². The topological polar surface area (TPSA) is 46.0 Å². The predicted octanol–water partition coefficient (Wildman–Crippen LogP) is 0.846. The van der Waals surface area contributed by atoms with Crippen LogP contribution in [-0.2, 0) is 6.61 Å². The van der Waals surface area contributed by atoms with Gasteiger partial charge in [0.2, 0.25) is 0 Å². The lowest BCUT2D eigenvalue weighted by Crippen LogP contribution is -1.96. The van der Waals surface area contributed by atoms with Gasteiger partial charge in [-0.25, -0.2) is 9.97 Å². The van der Waals surface area contributed by atoms with Crippen LogP contribution in [-0.4, -0.2) is 15.1 Å². The molecule has 1 fully saturated rings. The Labute approximate surface area is 65.1 Å². The van der Waals surface area contributed by atoms with E-state index in [1.165, 1.54) is 12.8 Å². The van der Waals surface area contributed by atoms with E-state index in [0.29, 0.717) is 5.92 Å². The Morgan fingerprint density at radius 1 is 1.55 bits per heavy atom.